The molecule has 0 aliphatic heterocycles. The van der Waals surface area contributed by atoms with Gasteiger partial charge in [0.25, 0.3) is 0 Å². The van der Waals surface area contributed by atoms with Crippen LogP contribution in [-0.2, 0) is 21.2 Å². The Morgan fingerprint density at radius 2 is 1.64 bits per heavy atom. The van der Waals surface area contributed by atoms with E-state index in [1.165, 1.54) is 0 Å². The van der Waals surface area contributed by atoms with Crippen LogP contribution in [0.2, 0.25) is 0 Å². The summed E-state index contributed by atoms with van der Waals surface area (Å²) in [4.78, 5) is 12.2. The molecule has 5 nitrogen and oxygen atoms in total. The Labute approximate surface area is 148 Å². The van der Waals surface area contributed by atoms with E-state index in [4.69, 9.17) is 4.74 Å². The summed E-state index contributed by atoms with van der Waals surface area (Å²) in [5, 5.41) is 1.43. The molecule has 0 aliphatic carbocycles. The van der Waals surface area contributed by atoms with Gasteiger partial charge in [0.1, 0.15) is 12.0 Å². The highest BCUT2D eigenvalue weighted by atomic mass is 32.2. The summed E-state index contributed by atoms with van der Waals surface area (Å²) in [7, 11) is -3.71. The summed E-state index contributed by atoms with van der Waals surface area (Å²) in [6.45, 7) is 5.46. The first-order valence-corrected chi connectivity index (χ1v) is 9.63. The first-order valence-electron chi connectivity index (χ1n) is 8.08. The molecule has 0 saturated carbocycles. The number of ether oxygens (including phenoxy) is 1. The molecule has 1 N–H and O–H groups in total. The molecule has 2 aromatic rings. The van der Waals surface area contributed by atoms with Crippen molar-refractivity contribution in [2.24, 2.45) is 5.92 Å². The topological polar surface area (TPSA) is 72.5 Å². The number of aryl methyl sites for hydroxylation is 1. The number of hydrogen-bond donors (Lipinski definition) is 1. The zero-order valence-corrected chi connectivity index (χ0v) is 15.4. The first kappa shape index (κ1) is 19.0. The average molecular weight is 361 g/mol. The summed E-state index contributed by atoms with van der Waals surface area (Å²) >= 11 is 0. The van der Waals surface area contributed by atoms with Gasteiger partial charge in [-0.1, -0.05) is 61.9 Å². The standard InChI is InChI=1S/C19H23NO4S/c1-14(2)18(25(22,23)17-11-9-15(3)10-12-17)20-19(21)24-13-16-7-5-4-6-8-16/h4-12,14,18H,13H2,1-3H3,(H,20,21). The second-order valence-electron chi connectivity index (χ2n) is 6.23. The molecule has 0 bridgehead atoms. The fourth-order valence-corrected chi connectivity index (χ4v) is 4.13. The van der Waals surface area contributed by atoms with Gasteiger partial charge in [-0.25, -0.2) is 13.2 Å². The van der Waals surface area contributed by atoms with Gasteiger partial charge in [-0.15, -0.1) is 0 Å². The van der Waals surface area contributed by atoms with Crippen LogP contribution in [0.25, 0.3) is 0 Å². The van der Waals surface area contributed by atoms with E-state index in [1.807, 2.05) is 37.3 Å². The van der Waals surface area contributed by atoms with Crippen molar-refractivity contribution in [2.45, 2.75) is 37.6 Å². The molecule has 0 aliphatic rings. The zero-order chi connectivity index (χ0) is 18.4. The van der Waals surface area contributed by atoms with E-state index in [-0.39, 0.29) is 17.4 Å². The lowest BCUT2D eigenvalue weighted by Crippen LogP contribution is -2.44. The molecule has 2 aromatic carbocycles. The van der Waals surface area contributed by atoms with Crippen molar-refractivity contribution in [2.75, 3.05) is 0 Å². The normalized spacial score (nSPS) is 12.6. The molecular weight excluding hydrogens is 338 g/mol. The smallest absolute Gasteiger partial charge is 0.408 e. The molecule has 0 spiro atoms. The van der Waals surface area contributed by atoms with Crippen molar-refractivity contribution < 1.29 is 17.9 Å². The quantitative estimate of drug-likeness (QED) is 0.852. The molecule has 0 saturated heterocycles. The van der Waals surface area contributed by atoms with Gasteiger partial charge in [-0.3, -0.25) is 0 Å². The van der Waals surface area contributed by atoms with Crippen molar-refractivity contribution >= 4 is 15.9 Å². The van der Waals surface area contributed by atoms with Crippen molar-refractivity contribution in [3.63, 3.8) is 0 Å². The Bertz CT molecular complexity index is 799. The van der Waals surface area contributed by atoms with Crippen LogP contribution < -0.4 is 5.32 Å². The maximum Gasteiger partial charge on any atom is 0.408 e. The predicted octanol–water partition coefficient (Wildman–Crippen LogP) is 3.68. The van der Waals surface area contributed by atoms with Crippen LogP contribution in [0.15, 0.2) is 59.5 Å². The summed E-state index contributed by atoms with van der Waals surface area (Å²) in [5.74, 6) is -0.310. The zero-order valence-electron chi connectivity index (χ0n) is 14.6. The SMILES string of the molecule is Cc1ccc(S(=O)(=O)C(NC(=O)OCc2ccccc2)C(C)C)cc1. The largest absolute Gasteiger partial charge is 0.445 e. The molecule has 0 radical (unpaired) electrons. The van der Waals surface area contributed by atoms with E-state index in [0.29, 0.717) is 0 Å². The van der Waals surface area contributed by atoms with Crippen molar-refractivity contribution in [1.29, 1.82) is 0 Å². The molecule has 6 heteroatoms. The molecule has 0 heterocycles. The highest BCUT2D eigenvalue weighted by Crippen LogP contribution is 2.20. The van der Waals surface area contributed by atoms with Crippen LogP contribution in [0.3, 0.4) is 0 Å². The van der Waals surface area contributed by atoms with Crippen LogP contribution >= 0.6 is 0 Å². The molecule has 1 unspecified atom stereocenters. The van der Waals surface area contributed by atoms with Crippen LogP contribution in [0, 0.1) is 12.8 Å². The highest BCUT2D eigenvalue weighted by molar-refractivity contribution is 7.92. The monoisotopic (exact) mass is 361 g/mol. The molecule has 1 atom stereocenters. The van der Waals surface area contributed by atoms with Gasteiger partial charge in [-0.05, 0) is 30.5 Å². The summed E-state index contributed by atoms with van der Waals surface area (Å²) in [5.41, 5.74) is 1.80. The maximum absolute atomic E-state index is 12.8. The van der Waals surface area contributed by atoms with Gasteiger partial charge >= 0.3 is 6.09 Å². The molecule has 2 rings (SSSR count). The third-order valence-electron chi connectivity index (χ3n) is 3.76. The van der Waals surface area contributed by atoms with E-state index in [1.54, 1.807) is 38.1 Å². The van der Waals surface area contributed by atoms with Crippen molar-refractivity contribution in [3.8, 4) is 0 Å². The molecule has 0 fully saturated rings. The van der Waals surface area contributed by atoms with Gasteiger partial charge < -0.3 is 10.1 Å². The van der Waals surface area contributed by atoms with Crippen LogP contribution in [0.1, 0.15) is 25.0 Å². The molecular formula is C19H23NO4S. The fourth-order valence-electron chi connectivity index (χ4n) is 2.36. The van der Waals surface area contributed by atoms with Crippen molar-refractivity contribution in [3.05, 3.63) is 65.7 Å². The second kappa shape index (κ2) is 8.16. The molecule has 0 aromatic heterocycles. The van der Waals surface area contributed by atoms with Crippen LogP contribution in [-0.4, -0.2) is 19.9 Å². The minimum absolute atomic E-state index is 0.0854. The minimum Gasteiger partial charge on any atom is -0.445 e. The number of nitrogens with one attached hydrogen (secondary N) is 1. The Kier molecular flexibility index (Phi) is 6.20. The molecule has 25 heavy (non-hydrogen) atoms. The number of hydrogen-bond acceptors (Lipinski definition) is 4. The van der Waals surface area contributed by atoms with E-state index in [0.717, 1.165) is 11.1 Å². The van der Waals surface area contributed by atoms with E-state index < -0.39 is 21.3 Å². The molecule has 1 amide bonds. The average Bonchev–Trinajstić information content (AvgIpc) is 2.58. The molecule has 134 valence electrons. The lowest BCUT2D eigenvalue weighted by molar-refractivity contribution is 0.136. The fraction of sp³-hybridized carbons (Fsp3) is 0.316. The third kappa shape index (κ3) is 5.06. The first-order chi connectivity index (χ1) is 11.8. The van der Waals surface area contributed by atoms with E-state index in [9.17, 15) is 13.2 Å². The Morgan fingerprint density at radius 3 is 2.20 bits per heavy atom. The minimum atomic E-state index is -3.71. The number of carbonyl (C=O) groups excluding carboxylic acids is 1. The number of rotatable bonds is 6. The predicted molar refractivity (Wildman–Crippen MR) is 96.8 cm³/mol. The number of amides is 1. The van der Waals surface area contributed by atoms with Gasteiger partial charge in [0.2, 0.25) is 0 Å². The summed E-state index contributed by atoms with van der Waals surface area (Å²) < 4.78 is 30.8. The van der Waals surface area contributed by atoms with Gasteiger partial charge in [0, 0.05) is 0 Å². The van der Waals surface area contributed by atoms with Crippen LogP contribution in [0.4, 0.5) is 4.79 Å². The Hall–Kier alpha value is -2.34. The number of benzene rings is 2. The highest BCUT2D eigenvalue weighted by Gasteiger charge is 2.32. The van der Waals surface area contributed by atoms with Crippen LogP contribution in [0.5, 0.6) is 0 Å². The maximum atomic E-state index is 12.8. The van der Waals surface area contributed by atoms with Gasteiger partial charge in [0.15, 0.2) is 9.84 Å². The lowest BCUT2D eigenvalue weighted by atomic mass is 10.2. The third-order valence-corrected chi connectivity index (χ3v) is 6.02. The number of alkyl carbamates (subject to hydrolysis) is 1. The van der Waals surface area contributed by atoms with Gasteiger partial charge in [-0.2, -0.15) is 0 Å². The Balaban J connectivity index is 2.09. The summed E-state index contributed by atoms with van der Waals surface area (Å²) in [6, 6.07) is 15.8. The van der Waals surface area contributed by atoms with E-state index >= 15 is 0 Å². The number of sulfone groups is 1. The Morgan fingerprint density at radius 1 is 1.04 bits per heavy atom. The summed E-state index contributed by atoms with van der Waals surface area (Å²) in [6.07, 6.45) is -0.752. The lowest BCUT2D eigenvalue weighted by Gasteiger charge is -2.22. The van der Waals surface area contributed by atoms with E-state index in [2.05, 4.69) is 5.32 Å². The van der Waals surface area contributed by atoms with Crippen molar-refractivity contribution in [1.82, 2.24) is 5.32 Å². The number of carbonyl (C=O) groups is 1. The second-order valence-corrected chi connectivity index (χ2v) is 8.30. The van der Waals surface area contributed by atoms with Gasteiger partial charge in [0.05, 0.1) is 4.90 Å².